The molecule has 1 aliphatic rings. The van der Waals surface area contributed by atoms with E-state index in [1.165, 1.54) is 0 Å². The van der Waals surface area contributed by atoms with Crippen molar-refractivity contribution in [2.75, 3.05) is 19.8 Å². The summed E-state index contributed by atoms with van der Waals surface area (Å²) in [6.45, 7) is 2.26. The first-order valence-corrected chi connectivity index (χ1v) is 5.75. The van der Waals surface area contributed by atoms with Crippen LogP contribution < -0.4 is 5.32 Å². The van der Waals surface area contributed by atoms with Crippen molar-refractivity contribution in [3.8, 4) is 0 Å². The summed E-state index contributed by atoms with van der Waals surface area (Å²) in [5.74, 6) is 0.403. The number of halogens is 1. The van der Waals surface area contributed by atoms with Gasteiger partial charge in [-0.2, -0.15) is 0 Å². The van der Waals surface area contributed by atoms with Crippen LogP contribution in [0.4, 0.5) is 0 Å². The van der Waals surface area contributed by atoms with E-state index in [0.717, 1.165) is 24.1 Å². The van der Waals surface area contributed by atoms with Crippen LogP contribution in [0.1, 0.15) is 16.9 Å². The number of hydrogen-bond acceptors (Lipinski definition) is 2. The molecule has 0 spiro atoms. The molecule has 1 saturated heterocycles. The van der Waals surface area contributed by atoms with Gasteiger partial charge in [-0.15, -0.1) is 0 Å². The summed E-state index contributed by atoms with van der Waals surface area (Å²) in [6.07, 6.45) is 2.78. The fourth-order valence-corrected chi connectivity index (χ4v) is 1.92. The smallest absolute Gasteiger partial charge is 0.267 e. The van der Waals surface area contributed by atoms with E-state index >= 15 is 0 Å². The molecule has 0 radical (unpaired) electrons. The molecule has 0 bridgehead atoms. The lowest BCUT2D eigenvalue weighted by Crippen LogP contribution is -2.29. The van der Waals surface area contributed by atoms with E-state index < -0.39 is 0 Å². The van der Waals surface area contributed by atoms with E-state index in [0.29, 0.717) is 18.2 Å². The maximum Gasteiger partial charge on any atom is 0.267 e. The normalized spacial score (nSPS) is 20.5. The molecule has 82 valence electrons. The van der Waals surface area contributed by atoms with Gasteiger partial charge in [0.25, 0.3) is 5.91 Å². The Kier molecular flexibility index (Phi) is 3.43. The van der Waals surface area contributed by atoms with Crippen molar-refractivity contribution in [1.29, 1.82) is 0 Å². The quantitative estimate of drug-likeness (QED) is 0.877. The van der Waals surface area contributed by atoms with Crippen molar-refractivity contribution in [2.24, 2.45) is 5.92 Å². The summed E-state index contributed by atoms with van der Waals surface area (Å²) < 4.78 is 6.12. The first kappa shape index (κ1) is 10.7. The third kappa shape index (κ3) is 2.82. The maximum atomic E-state index is 11.6. The first-order chi connectivity index (χ1) is 7.25. The fourth-order valence-electron chi connectivity index (χ4n) is 1.58. The summed E-state index contributed by atoms with van der Waals surface area (Å²) >= 11 is 3.29. The highest BCUT2D eigenvalue weighted by molar-refractivity contribution is 9.10. The number of rotatable bonds is 3. The summed E-state index contributed by atoms with van der Waals surface area (Å²) in [5.41, 5.74) is 0.584. The van der Waals surface area contributed by atoms with Gasteiger partial charge in [-0.3, -0.25) is 4.79 Å². The number of carbonyl (C=O) groups is 1. The Labute approximate surface area is 96.5 Å². The van der Waals surface area contributed by atoms with Gasteiger partial charge in [-0.25, -0.2) is 0 Å². The van der Waals surface area contributed by atoms with Crippen molar-refractivity contribution < 1.29 is 9.53 Å². The average molecular weight is 273 g/mol. The Bertz CT molecular complexity index is 345. The van der Waals surface area contributed by atoms with Crippen molar-refractivity contribution in [3.63, 3.8) is 0 Å². The molecule has 4 nitrogen and oxygen atoms in total. The molecule has 2 heterocycles. The van der Waals surface area contributed by atoms with Crippen LogP contribution in [0.2, 0.25) is 0 Å². The lowest BCUT2D eigenvalue weighted by atomic mass is 10.1. The molecule has 0 aromatic carbocycles. The molecule has 5 heteroatoms. The monoisotopic (exact) mass is 272 g/mol. The van der Waals surface area contributed by atoms with Crippen LogP contribution in [0.5, 0.6) is 0 Å². The highest BCUT2D eigenvalue weighted by Gasteiger charge is 2.17. The highest BCUT2D eigenvalue weighted by atomic mass is 79.9. The lowest BCUT2D eigenvalue weighted by molar-refractivity contribution is 0.0940. The predicted octanol–water partition coefficient (Wildman–Crippen LogP) is 1.54. The topological polar surface area (TPSA) is 54.1 Å². The molecule has 15 heavy (non-hydrogen) atoms. The molecular formula is C10H13BrN2O2. The fraction of sp³-hybridized carbons (Fsp3) is 0.500. The van der Waals surface area contributed by atoms with E-state index in [1.54, 1.807) is 12.3 Å². The Hall–Kier alpha value is -0.810. The predicted molar refractivity (Wildman–Crippen MR) is 59.8 cm³/mol. The number of H-pyrrole nitrogens is 1. The van der Waals surface area contributed by atoms with Crippen LogP contribution in [0.3, 0.4) is 0 Å². The second-order valence-electron chi connectivity index (χ2n) is 3.67. The number of ether oxygens (including phenoxy) is 1. The largest absolute Gasteiger partial charge is 0.381 e. The van der Waals surface area contributed by atoms with Crippen LogP contribution in [0.15, 0.2) is 16.7 Å². The zero-order valence-corrected chi connectivity index (χ0v) is 9.84. The van der Waals surface area contributed by atoms with Crippen LogP contribution >= 0.6 is 15.9 Å². The van der Waals surface area contributed by atoms with Gasteiger partial charge in [0.1, 0.15) is 5.69 Å². The van der Waals surface area contributed by atoms with Gasteiger partial charge in [-0.05, 0) is 28.4 Å². The summed E-state index contributed by atoms with van der Waals surface area (Å²) in [5, 5.41) is 2.88. The Morgan fingerprint density at radius 1 is 1.73 bits per heavy atom. The van der Waals surface area contributed by atoms with E-state index in [9.17, 15) is 4.79 Å². The van der Waals surface area contributed by atoms with E-state index in [-0.39, 0.29) is 5.91 Å². The summed E-state index contributed by atoms with van der Waals surface area (Å²) in [7, 11) is 0. The zero-order valence-electron chi connectivity index (χ0n) is 8.25. The standard InChI is InChI=1S/C10H13BrN2O2/c11-8-3-9(12-5-8)10(14)13-4-7-1-2-15-6-7/h3,5,7,12H,1-2,4,6H2,(H,13,14)/t7-/m0/s1. The highest BCUT2D eigenvalue weighted by Crippen LogP contribution is 2.12. The van der Waals surface area contributed by atoms with E-state index in [1.807, 2.05) is 0 Å². The number of nitrogens with one attached hydrogen (secondary N) is 2. The SMILES string of the molecule is O=C(NC[C@@H]1CCOC1)c1cc(Br)c[nH]1. The molecule has 0 aliphatic carbocycles. The molecule has 0 unspecified atom stereocenters. The van der Waals surface area contributed by atoms with Crippen LogP contribution in [0.25, 0.3) is 0 Å². The minimum atomic E-state index is -0.0624. The summed E-state index contributed by atoms with van der Waals surface area (Å²) in [6, 6.07) is 1.76. The number of hydrogen-bond donors (Lipinski definition) is 2. The molecule has 0 saturated carbocycles. The lowest BCUT2D eigenvalue weighted by Gasteiger charge is -2.08. The molecule has 2 rings (SSSR count). The number of aromatic amines is 1. The molecule has 1 fully saturated rings. The van der Waals surface area contributed by atoms with Crippen molar-refractivity contribution in [1.82, 2.24) is 10.3 Å². The molecule has 1 aromatic rings. The average Bonchev–Trinajstić information content (AvgIpc) is 2.84. The zero-order chi connectivity index (χ0) is 10.7. The molecular weight excluding hydrogens is 260 g/mol. The second kappa shape index (κ2) is 4.81. The van der Waals surface area contributed by atoms with Crippen molar-refractivity contribution in [2.45, 2.75) is 6.42 Å². The van der Waals surface area contributed by atoms with Crippen LogP contribution in [-0.2, 0) is 4.74 Å². The molecule has 1 amide bonds. The van der Waals surface area contributed by atoms with Crippen LogP contribution in [0, 0.1) is 5.92 Å². The minimum Gasteiger partial charge on any atom is -0.381 e. The molecule has 1 aliphatic heterocycles. The molecule has 2 N–H and O–H groups in total. The van der Waals surface area contributed by atoms with Gasteiger partial charge in [0, 0.05) is 29.7 Å². The Morgan fingerprint density at radius 3 is 3.20 bits per heavy atom. The third-order valence-electron chi connectivity index (χ3n) is 2.47. The third-order valence-corrected chi connectivity index (χ3v) is 2.93. The first-order valence-electron chi connectivity index (χ1n) is 4.95. The van der Waals surface area contributed by atoms with Gasteiger partial charge in [0.2, 0.25) is 0 Å². The van der Waals surface area contributed by atoms with Crippen molar-refractivity contribution in [3.05, 3.63) is 22.4 Å². The number of carbonyl (C=O) groups excluding carboxylic acids is 1. The van der Waals surface area contributed by atoms with Crippen LogP contribution in [-0.4, -0.2) is 30.6 Å². The van der Waals surface area contributed by atoms with E-state index in [2.05, 4.69) is 26.2 Å². The Balaban J connectivity index is 1.81. The number of aromatic nitrogens is 1. The maximum absolute atomic E-state index is 11.6. The number of amides is 1. The van der Waals surface area contributed by atoms with Gasteiger partial charge in [-0.1, -0.05) is 0 Å². The molecule has 1 aromatic heterocycles. The summed E-state index contributed by atoms with van der Waals surface area (Å²) in [4.78, 5) is 14.5. The van der Waals surface area contributed by atoms with Gasteiger partial charge in [0.15, 0.2) is 0 Å². The van der Waals surface area contributed by atoms with E-state index in [4.69, 9.17) is 4.74 Å². The Morgan fingerprint density at radius 2 is 2.60 bits per heavy atom. The van der Waals surface area contributed by atoms with Gasteiger partial charge in [0.05, 0.1) is 6.61 Å². The van der Waals surface area contributed by atoms with Gasteiger partial charge < -0.3 is 15.0 Å². The minimum absolute atomic E-state index is 0.0624. The van der Waals surface area contributed by atoms with Crippen molar-refractivity contribution >= 4 is 21.8 Å². The van der Waals surface area contributed by atoms with Gasteiger partial charge >= 0.3 is 0 Å². The second-order valence-corrected chi connectivity index (χ2v) is 4.59. The molecule has 1 atom stereocenters.